The summed E-state index contributed by atoms with van der Waals surface area (Å²) < 4.78 is 13.6. The minimum absolute atomic E-state index is 0.133. The number of carbonyl (C=O) groups excluding carboxylic acids is 1. The van der Waals surface area contributed by atoms with E-state index >= 15 is 0 Å². The van der Waals surface area contributed by atoms with Crippen LogP contribution in [0.4, 0.5) is 4.39 Å². The van der Waals surface area contributed by atoms with E-state index in [0.717, 1.165) is 10.4 Å². The monoisotopic (exact) mass is 339 g/mol. The maximum absolute atomic E-state index is 13.6. The molecule has 0 atom stereocenters. The van der Waals surface area contributed by atoms with Crippen LogP contribution in [0.5, 0.6) is 0 Å². The van der Waals surface area contributed by atoms with Crippen molar-refractivity contribution in [1.82, 2.24) is 0 Å². The van der Waals surface area contributed by atoms with Crippen molar-refractivity contribution >= 4 is 23.0 Å². The molecule has 0 radical (unpaired) electrons. The fourth-order valence-electron chi connectivity index (χ4n) is 2.17. The standard InChI is InChI=1S/C19H14FNO2S/c20-16-10-5-4-9-15(16)19(22)23-21-17(18-11-6-12-24-18)13-14-7-2-1-3-8-14/h1-12H,13H2/b21-17+. The van der Waals surface area contributed by atoms with Crippen LogP contribution in [0.1, 0.15) is 20.8 Å². The molecule has 0 N–H and O–H groups in total. The number of rotatable bonds is 5. The summed E-state index contributed by atoms with van der Waals surface area (Å²) in [6, 6.07) is 19.2. The number of carbonyl (C=O) groups is 1. The highest BCUT2D eigenvalue weighted by Crippen LogP contribution is 2.15. The molecule has 0 aliphatic rings. The van der Waals surface area contributed by atoms with Crippen molar-refractivity contribution in [2.24, 2.45) is 5.16 Å². The molecule has 5 heteroatoms. The first kappa shape index (κ1) is 16.1. The van der Waals surface area contributed by atoms with Crippen molar-refractivity contribution in [3.05, 3.63) is 93.9 Å². The Hall–Kier alpha value is -2.79. The molecule has 0 aliphatic carbocycles. The number of hydrogen-bond donors (Lipinski definition) is 0. The molecular weight excluding hydrogens is 325 g/mol. The van der Waals surface area contributed by atoms with Gasteiger partial charge in [-0.25, -0.2) is 9.18 Å². The number of thiophene rings is 1. The molecule has 24 heavy (non-hydrogen) atoms. The van der Waals surface area contributed by atoms with Gasteiger partial charge in [-0.1, -0.05) is 53.7 Å². The van der Waals surface area contributed by atoms with Gasteiger partial charge in [0.2, 0.25) is 0 Å². The molecule has 2 aromatic carbocycles. The van der Waals surface area contributed by atoms with Crippen LogP contribution < -0.4 is 0 Å². The van der Waals surface area contributed by atoms with Crippen LogP contribution in [-0.2, 0) is 11.3 Å². The highest BCUT2D eigenvalue weighted by molar-refractivity contribution is 7.12. The predicted molar refractivity (Wildman–Crippen MR) is 92.8 cm³/mol. The summed E-state index contributed by atoms with van der Waals surface area (Å²) in [6.45, 7) is 0. The van der Waals surface area contributed by atoms with Crippen LogP contribution in [0.25, 0.3) is 0 Å². The SMILES string of the molecule is O=C(O/N=C(\Cc1ccccc1)c1cccs1)c1ccccc1F. The van der Waals surface area contributed by atoms with E-state index in [1.165, 1.54) is 29.5 Å². The summed E-state index contributed by atoms with van der Waals surface area (Å²) >= 11 is 1.50. The van der Waals surface area contributed by atoms with Gasteiger partial charge in [-0.2, -0.15) is 0 Å². The van der Waals surface area contributed by atoms with Gasteiger partial charge in [0.1, 0.15) is 11.5 Å². The smallest absolute Gasteiger partial charge is 0.312 e. The average Bonchev–Trinajstić information content (AvgIpc) is 3.14. The number of nitrogens with zero attached hydrogens (tertiary/aromatic N) is 1. The van der Waals surface area contributed by atoms with Gasteiger partial charge in [0.05, 0.1) is 10.4 Å². The Morgan fingerprint density at radius 2 is 1.75 bits per heavy atom. The second-order valence-corrected chi connectivity index (χ2v) is 5.98. The summed E-state index contributed by atoms with van der Waals surface area (Å²) in [7, 11) is 0. The lowest BCUT2D eigenvalue weighted by molar-refractivity contribution is 0.0510. The number of benzene rings is 2. The van der Waals surface area contributed by atoms with Crippen molar-refractivity contribution in [1.29, 1.82) is 0 Å². The summed E-state index contributed by atoms with van der Waals surface area (Å²) in [4.78, 5) is 17.9. The molecule has 3 aromatic rings. The molecule has 0 spiro atoms. The first-order valence-electron chi connectivity index (χ1n) is 7.34. The van der Waals surface area contributed by atoms with Crippen LogP contribution in [0.3, 0.4) is 0 Å². The Morgan fingerprint density at radius 3 is 2.46 bits per heavy atom. The Balaban J connectivity index is 1.82. The Bertz CT molecular complexity index is 845. The molecule has 120 valence electrons. The van der Waals surface area contributed by atoms with E-state index < -0.39 is 11.8 Å². The lowest BCUT2D eigenvalue weighted by Crippen LogP contribution is -2.09. The molecule has 3 rings (SSSR count). The third kappa shape index (κ3) is 3.94. The molecule has 0 saturated heterocycles. The van der Waals surface area contributed by atoms with Crippen molar-refractivity contribution in [2.45, 2.75) is 6.42 Å². The van der Waals surface area contributed by atoms with E-state index in [1.54, 1.807) is 6.07 Å². The van der Waals surface area contributed by atoms with Crippen LogP contribution in [0, 0.1) is 5.82 Å². The highest BCUT2D eigenvalue weighted by atomic mass is 32.1. The minimum Gasteiger partial charge on any atom is -0.312 e. The van der Waals surface area contributed by atoms with E-state index in [2.05, 4.69) is 5.16 Å². The predicted octanol–water partition coefficient (Wildman–Crippen LogP) is 4.69. The Kier molecular flexibility index (Phi) is 5.13. The molecule has 0 aliphatic heterocycles. The minimum atomic E-state index is -0.810. The fourth-order valence-corrected chi connectivity index (χ4v) is 2.88. The molecule has 3 nitrogen and oxygen atoms in total. The molecule has 1 aromatic heterocycles. The summed E-state index contributed by atoms with van der Waals surface area (Å²) in [6.07, 6.45) is 0.520. The largest absolute Gasteiger partial charge is 0.368 e. The summed E-state index contributed by atoms with van der Waals surface area (Å²) in [5.41, 5.74) is 1.54. The summed E-state index contributed by atoms with van der Waals surface area (Å²) in [5, 5.41) is 5.91. The van der Waals surface area contributed by atoms with Gasteiger partial charge < -0.3 is 4.84 Å². The lowest BCUT2D eigenvalue weighted by Gasteiger charge is -2.05. The number of hydrogen-bond acceptors (Lipinski definition) is 4. The van der Waals surface area contributed by atoms with E-state index in [-0.39, 0.29) is 5.56 Å². The highest BCUT2D eigenvalue weighted by Gasteiger charge is 2.14. The summed E-state index contributed by atoms with van der Waals surface area (Å²) in [5.74, 6) is -1.44. The quantitative estimate of drug-likeness (QED) is 0.384. The fraction of sp³-hybridized carbons (Fsp3) is 0.0526. The average molecular weight is 339 g/mol. The van der Waals surface area contributed by atoms with Crippen LogP contribution in [-0.4, -0.2) is 11.7 Å². The zero-order valence-electron chi connectivity index (χ0n) is 12.7. The van der Waals surface area contributed by atoms with Crippen molar-refractivity contribution in [3.8, 4) is 0 Å². The normalized spacial score (nSPS) is 11.3. The Morgan fingerprint density at radius 1 is 1.00 bits per heavy atom. The lowest BCUT2D eigenvalue weighted by atomic mass is 10.1. The topological polar surface area (TPSA) is 38.7 Å². The van der Waals surface area contributed by atoms with Gasteiger partial charge in [0.25, 0.3) is 0 Å². The maximum Gasteiger partial charge on any atom is 0.368 e. The van der Waals surface area contributed by atoms with Crippen LogP contribution in [0.15, 0.2) is 77.3 Å². The molecule has 0 fully saturated rings. The zero-order chi connectivity index (χ0) is 16.8. The molecule has 0 unspecified atom stereocenters. The van der Waals surface area contributed by atoms with Crippen molar-refractivity contribution < 1.29 is 14.0 Å². The number of oxime groups is 1. The number of halogens is 1. The van der Waals surface area contributed by atoms with Gasteiger partial charge in [-0.05, 0) is 29.1 Å². The van der Waals surface area contributed by atoms with Gasteiger partial charge in [-0.3, -0.25) is 0 Å². The van der Waals surface area contributed by atoms with E-state index in [4.69, 9.17) is 4.84 Å². The molecular formula is C19H14FNO2S. The third-order valence-electron chi connectivity index (χ3n) is 3.35. The molecule has 0 saturated carbocycles. The second-order valence-electron chi connectivity index (χ2n) is 5.04. The maximum atomic E-state index is 13.6. The first-order valence-corrected chi connectivity index (χ1v) is 8.22. The van der Waals surface area contributed by atoms with Gasteiger partial charge in [-0.15, -0.1) is 11.3 Å². The van der Waals surface area contributed by atoms with Gasteiger partial charge >= 0.3 is 5.97 Å². The van der Waals surface area contributed by atoms with E-state index in [9.17, 15) is 9.18 Å². The van der Waals surface area contributed by atoms with Crippen LogP contribution >= 0.6 is 11.3 Å². The molecule has 0 amide bonds. The van der Waals surface area contributed by atoms with Crippen molar-refractivity contribution in [3.63, 3.8) is 0 Å². The third-order valence-corrected chi connectivity index (χ3v) is 4.27. The van der Waals surface area contributed by atoms with Crippen LogP contribution in [0.2, 0.25) is 0 Å². The van der Waals surface area contributed by atoms with E-state index in [0.29, 0.717) is 12.1 Å². The van der Waals surface area contributed by atoms with E-state index in [1.807, 2.05) is 47.8 Å². The first-order chi connectivity index (χ1) is 11.7. The molecule has 1 heterocycles. The van der Waals surface area contributed by atoms with Crippen molar-refractivity contribution in [2.75, 3.05) is 0 Å². The molecule has 0 bridgehead atoms. The second kappa shape index (κ2) is 7.66. The van der Waals surface area contributed by atoms with Gasteiger partial charge in [0, 0.05) is 6.42 Å². The Labute approximate surface area is 143 Å². The van der Waals surface area contributed by atoms with Gasteiger partial charge in [0.15, 0.2) is 0 Å². The zero-order valence-corrected chi connectivity index (χ0v) is 13.5.